The molecule has 3 heteroatoms. The predicted octanol–water partition coefficient (Wildman–Crippen LogP) is 6.32. The van der Waals surface area contributed by atoms with Crippen LogP contribution < -0.4 is 4.74 Å². The Hall–Kier alpha value is -2.31. The van der Waals surface area contributed by atoms with Crippen molar-refractivity contribution in [1.82, 2.24) is 0 Å². The lowest BCUT2D eigenvalue weighted by Crippen LogP contribution is -2.33. The van der Waals surface area contributed by atoms with E-state index >= 15 is 0 Å². The minimum atomic E-state index is -0.353. The number of rotatable bonds is 4. The molecule has 2 nitrogen and oxygen atoms in total. The van der Waals surface area contributed by atoms with Crippen molar-refractivity contribution >= 4 is 0 Å². The summed E-state index contributed by atoms with van der Waals surface area (Å²) in [5.74, 6) is 8.51. The van der Waals surface area contributed by atoms with Crippen LogP contribution in [0.3, 0.4) is 0 Å². The zero-order valence-electron chi connectivity index (χ0n) is 18.0. The number of benzene rings is 2. The molecule has 0 spiro atoms. The monoisotopic (exact) mass is 406 g/mol. The first-order chi connectivity index (χ1) is 14.7. The molecule has 158 valence electrons. The fourth-order valence-electron chi connectivity index (χ4n) is 5.24. The molecule has 0 amide bonds. The molecule has 4 atom stereocenters. The van der Waals surface area contributed by atoms with E-state index in [-0.39, 0.29) is 5.82 Å². The van der Waals surface area contributed by atoms with Crippen LogP contribution >= 0.6 is 0 Å². The molecule has 0 heterocycles. The van der Waals surface area contributed by atoms with Crippen molar-refractivity contribution in [2.24, 2.45) is 11.8 Å². The third-order valence-electron chi connectivity index (χ3n) is 6.87. The number of methoxy groups -OCH3 is 1. The summed E-state index contributed by atoms with van der Waals surface area (Å²) in [7, 11) is 1.53. The highest BCUT2D eigenvalue weighted by molar-refractivity contribution is 5.45. The normalized spacial score (nSPS) is 25.7. The van der Waals surface area contributed by atoms with Gasteiger partial charge in [0.1, 0.15) is 11.6 Å². The quantitative estimate of drug-likeness (QED) is 0.553. The molecule has 2 aliphatic rings. The van der Waals surface area contributed by atoms with Gasteiger partial charge in [0.05, 0.1) is 18.8 Å². The van der Waals surface area contributed by atoms with Gasteiger partial charge in [0.25, 0.3) is 0 Å². The van der Waals surface area contributed by atoms with E-state index < -0.39 is 0 Å². The summed E-state index contributed by atoms with van der Waals surface area (Å²) in [6.07, 6.45) is 8.15. The van der Waals surface area contributed by atoms with Crippen LogP contribution in [-0.4, -0.2) is 19.8 Å². The second-order valence-electron chi connectivity index (χ2n) is 8.64. The van der Waals surface area contributed by atoms with Crippen molar-refractivity contribution in [3.05, 3.63) is 65.0 Å². The van der Waals surface area contributed by atoms with E-state index in [0.29, 0.717) is 23.3 Å². The van der Waals surface area contributed by atoms with Gasteiger partial charge in [0, 0.05) is 18.2 Å². The van der Waals surface area contributed by atoms with Crippen molar-refractivity contribution in [3.63, 3.8) is 0 Å². The van der Waals surface area contributed by atoms with Crippen LogP contribution in [0.15, 0.2) is 42.5 Å². The highest BCUT2D eigenvalue weighted by atomic mass is 19.1. The van der Waals surface area contributed by atoms with Crippen LogP contribution in [0.25, 0.3) is 0 Å². The Morgan fingerprint density at radius 3 is 2.43 bits per heavy atom. The second kappa shape index (κ2) is 9.67. The molecule has 4 rings (SSSR count). The smallest absolute Gasteiger partial charge is 0.142 e. The summed E-state index contributed by atoms with van der Waals surface area (Å²) in [6.45, 7) is 2.94. The average molecular weight is 407 g/mol. The highest BCUT2D eigenvalue weighted by Crippen LogP contribution is 2.46. The maximum absolute atomic E-state index is 14.1. The third kappa shape index (κ3) is 4.87. The maximum Gasteiger partial charge on any atom is 0.142 e. The molecule has 2 aromatic carbocycles. The zero-order valence-corrected chi connectivity index (χ0v) is 18.0. The summed E-state index contributed by atoms with van der Waals surface area (Å²) in [4.78, 5) is 0. The molecule has 0 aromatic heterocycles. The van der Waals surface area contributed by atoms with Gasteiger partial charge in [-0.3, -0.25) is 0 Å². The Labute approximate surface area is 179 Å². The fourth-order valence-corrected chi connectivity index (χ4v) is 5.24. The molecule has 0 radical (unpaired) electrons. The second-order valence-corrected chi connectivity index (χ2v) is 8.64. The summed E-state index contributed by atoms with van der Waals surface area (Å²) in [5, 5.41) is 0. The number of halogens is 1. The van der Waals surface area contributed by atoms with Gasteiger partial charge in [-0.05, 0) is 93.0 Å². The van der Waals surface area contributed by atoms with Gasteiger partial charge in [-0.15, -0.1) is 0 Å². The van der Waals surface area contributed by atoms with Gasteiger partial charge in [0.2, 0.25) is 0 Å². The first kappa shape index (κ1) is 20.9. The summed E-state index contributed by atoms with van der Waals surface area (Å²) < 4.78 is 25.0. The van der Waals surface area contributed by atoms with Crippen molar-refractivity contribution < 1.29 is 13.9 Å². The van der Waals surface area contributed by atoms with Crippen LogP contribution in [-0.2, 0) is 4.74 Å². The third-order valence-corrected chi connectivity index (χ3v) is 6.87. The molecule has 30 heavy (non-hydrogen) atoms. The van der Waals surface area contributed by atoms with Gasteiger partial charge in [-0.1, -0.05) is 24.0 Å². The van der Waals surface area contributed by atoms with Gasteiger partial charge in [-0.2, -0.15) is 0 Å². The van der Waals surface area contributed by atoms with Crippen molar-refractivity contribution in [2.45, 2.75) is 57.5 Å². The van der Waals surface area contributed by atoms with E-state index in [2.05, 4.69) is 43.0 Å². The molecule has 0 aliphatic heterocycles. The topological polar surface area (TPSA) is 18.5 Å². The fraction of sp³-hybridized carbons (Fsp3) is 0.481. The van der Waals surface area contributed by atoms with Crippen LogP contribution in [0, 0.1) is 29.5 Å². The summed E-state index contributed by atoms with van der Waals surface area (Å²) in [5.41, 5.74) is 2.72. The van der Waals surface area contributed by atoms with Crippen LogP contribution in [0.2, 0.25) is 0 Å². The van der Waals surface area contributed by atoms with Crippen LogP contribution in [0.4, 0.5) is 4.39 Å². The van der Waals surface area contributed by atoms with Gasteiger partial charge in [0.15, 0.2) is 0 Å². The largest absolute Gasteiger partial charge is 0.497 e. The van der Waals surface area contributed by atoms with Crippen molar-refractivity contribution in [2.75, 3.05) is 13.7 Å². The van der Waals surface area contributed by atoms with Crippen molar-refractivity contribution in [3.8, 4) is 17.6 Å². The first-order valence-corrected chi connectivity index (χ1v) is 11.2. The van der Waals surface area contributed by atoms with Gasteiger partial charge >= 0.3 is 0 Å². The van der Waals surface area contributed by atoms with Gasteiger partial charge in [-0.25, -0.2) is 4.39 Å². The summed E-state index contributed by atoms with van der Waals surface area (Å²) in [6, 6.07) is 13.3. The first-order valence-electron chi connectivity index (χ1n) is 11.2. The number of hydrogen-bond donors (Lipinski definition) is 0. The number of hydrogen-bond acceptors (Lipinski definition) is 2. The summed E-state index contributed by atoms with van der Waals surface area (Å²) >= 11 is 0. The predicted molar refractivity (Wildman–Crippen MR) is 118 cm³/mol. The zero-order chi connectivity index (χ0) is 20.9. The Bertz CT molecular complexity index is 909. The molecule has 0 saturated heterocycles. The van der Waals surface area contributed by atoms with E-state index in [1.807, 2.05) is 0 Å². The van der Waals surface area contributed by atoms with Gasteiger partial charge < -0.3 is 9.47 Å². The lowest BCUT2D eigenvalue weighted by Gasteiger charge is -2.42. The molecular weight excluding hydrogens is 375 g/mol. The van der Waals surface area contributed by atoms with Crippen molar-refractivity contribution in [1.29, 1.82) is 0 Å². The standard InChI is InChI=1S/C27H31FO2/c1-3-30-26-15-13-23-16-22(10-11-24(23)17-26)20-7-4-19(5-8-20)6-9-21-12-14-25(29-2)18-27(21)28/h4-5,7-8,12,14,18,22-24,26H,3,10-11,13,15-17H2,1-2H3. The molecule has 4 unspecified atom stereocenters. The Morgan fingerprint density at radius 1 is 0.933 bits per heavy atom. The number of fused-ring (bicyclic) bond motifs is 1. The molecule has 2 aromatic rings. The van der Waals surface area contributed by atoms with E-state index in [4.69, 9.17) is 9.47 Å². The molecule has 0 N–H and O–H groups in total. The average Bonchev–Trinajstić information content (AvgIpc) is 2.78. The van der Waals surface area contributed by atoms with E-state index in [1.54, 1.807) is 12.1 Å². The van der Waals surface area contributed by atoms with Crippen LogP contribution in [0.1, 0.15) is 68.1 Å². The lowest BCUT2D eigenvalue weighted by molar-refractivity contribution is -0.00955. The Balaban J connectivity index is 1.38. The molecule has 2 aliphatic carbocycles. The Kier molecular flexibility index (Phi) is 6.75. The molecular formula is C27H31FO2. The number of ether oxygens (including phenoxy) is 2. The lowest BCUT2D eigenvalue weighted by atomic mass is 9.65. The minimum Gasteiger partial charge on any atom is -0.497 e. The molecule has 0 bridgehead atoms. The highest BCUT2D eigenvalue weighted by Gasteiger charge is 2.36. The van der Waals surface area contributed by atoms with E-state index in [0.717, 1.165) is 24.0 Å². The Morgan fingerprint density at radius 2 is 1.70 bits per heavy atom. The SMILES string of the molecule is CCOC1CCC2CC(c3ccc(C#Cc4ccc(OC)cc4F)cc3)CCC2C1. The molecule has 2 fully saturated rings. The maximum atomic E-state index is 14.1. The van der Waals surface area contributed by atoms with E-state index in [1.165, 1.54) is 57.3 Å². The van der Waals surface area contributed by atoms with Crippen LogP contribution in [0.5, 0.6) is 5.75 Å². The molecule has 2 saturated carbocycles. The van der Waals surface area contributed by atoms with E-state index in [9.17, 15) is 4.39 Å². The minimum absolute atomic E-state index is 0.353.